The summed E-state index contributed by atoms with van der Waals surface area (Å²) in [5.41, 5.74) is 38.7. The van der Waals surface area contributed by atoms with Crippen molar-refractivity contribution in [2.45, 2.75) is 161 Å². The third-order valence-corrected chi connectivity index (χ3v) is 25.5. The summed E-state index contributed by atoms with van der Waals surface area (Å²) >= 11 is 0. The molecule has 20 rings (SSSR count). The summed E-state index contributed by atoms with van der Waals surface area (Å²) in [7, 11) is 5.10. The Morgan fingerprint density at radius 2 is 0.763 bits per heavy atom. The van der Waals surface area contributed by atoms with Gasteiger partial charge in [-0.1, -0.05) is 118 Å². The van der Waals surface area contributed by atoms with Crippen molar-refractivity contribution >= 4 is 29.4 Å². The molecule has 0 bridgehead atoms. The molecule has 4 fully saturated rings. The van der Waals surface area contributed by atoms with E-state index in [4.69, 9.17) is 65.7 Å². The van der Waals surface area contributed by atoms with Gasteiger partial charge >= 0.3 is 0 Å². The SMILES string of the molecule is COCCn1cc(-c2nc(C(C)(c3ccc(-c4cnc(N)nc4)cc3)C3CC3)no2)cn1.Cc1cc(-c2ccc([C@](C)(c3noc(-c4cnn(CC(C)(C)O)c4)n3)C3CC3)cc2)cnc1N.Cc1ccc(-c2nc(C(C)(c3ccc(-c4cnc(N)nc4)cc3)C3CC3)no2)cn1.Cc1nc(-c2ccc([C@](C)(c3noc(-c4cnn(CC(=O)N(C)C)c4)n3)C3CC3)cc2)cnc1N. The van der Waals surface area contributed by atoms with Crippen LogP contribution in [0.2, 0.25) is 0 Å². The van der Waals surface area contributed by atoms with E-state index in [1.165, 1.54) is 10.5 Å². The van der Waals surface area contributed by atoms with Gasteiger partial charge in [0.15, 0.2) is 23.3 Å². The minimum absolute atomic E-state index is 0.0456. The number of aryl methyl sites for hydroxylation is 3. The number of hydrogen-bond acceptors (Lipinski definition) is 30. The van der Waals surface area contributed by atoms with E-state index in [1.807, 2.05) is 62.1 Å². The third kappa shape index (κ3) is 19.2. The van der Waals surface area contributed by atoms with Gasteiger partial charge in [0, 0.05) is 105 Å². The first kappa shape index (κ1) is 88.2. The lowest BCUT2D eigenvalue weighted by atomic mass is 9.76. The highest BCUT2D eigenvalue weighted by Crippen LogP contribution is 2.55. The Labute approximate surface area is 756 Å². The zero-order chi connectivity index (χ0) is 91.7. The first-order valence-corrected chi connectivity index (χ1v) is 43.7. The number of aliphatic hydroxyl groups is 1. The average molecular weight is 1760 g/mol. The fourth-order valence-electron chi connectivity index (χ4n) is 16.6. The van der Waals surface area contributed by atoms with Gasteiger partial charge < -0.3 is 55.8 Å². The minimum atomic E-state index is -0.860. The van der Waals surface area contributed by atoms with Crippen molar-refractivity contribution in [3.63, 3.8) is 0 Å². The fraction of sp³-hybridized carbons (Fsp3) is 0.340. The number of anilines is 4. The monoisotopic (exact) mass is 1760 g/mol. The lowest BCUT2D eigenvalue weighted by Gasteiger charge is -2.27. The molecule has 12 heterocycles. The zero-order valence-electron chi connectivity index (χ0n) is 75.3. The molecule has 131 heavy (non-hydrogen) atoms. The van der Waals surface area contributed by atoms with Crippen molar-refractivity contribution in [2.75, 3.05) is 50.7 Å². The number of hydrogen-bond donors (Lipinski definition) is 5. The lowest BCUT2D eigenvalue weighted by Crippen LogP contribution is -2.28. The Balaban J connectivity index is 0.000000122. The van der Waals surface area contributed by atoms with E-state index in [0.717, 1.165) is 141 Å². The van der Waals surface area contributed by atoms with Crippen LogP contribution in [0, 0.1) is 44.4 Å². The molecule has 34 nitrogen and oxygen atoms in total. The number of ether oxygens (including phenoxy) is 1. The molecule has 0 aliphatic heterocycles. The van der Waals surface area contributed by atoms with E-state index in [2.05, 4.69) is 194 Å². The third-order valence-electron chi connectivity index (χ3n) is 25.5. The summed E-state index contributed by atoms with van der Waals surface area (Å²) in [4.78, 5) is 66.3. The van der Waals surface area contributed by atoms with Gasteiger partial charge in [0.1, 0.15) is 18.2 Å². The van der Waals surface area contributed by atoms with Crippen LogP contribution in [0.1, 0.15) is 155 Å². The molecule has 12 aromatic heterocycles. The molecule has 4 aliphatic carbocycles. The smallest absolute Gasteiger partial charge is 0.261 e. The predicted molar refractivity (Wildman–Crippen MR) is 492 cm³/mol. The second-order valence-corrected chi connectivity index (χ2v) is 35.8. The maximum Gasteiger partial charge on any atom is 0.261 e. The summed E-state index contributed by atoms with van der Waals surface area (Å²) < 4.78 is 32.7. The van der Waals surface area contributed by atoms with Gasteiger partial charge in [-0.05, 0) is 200 Å². The normalized spacial score (nSPS) is 15.5. The molecule has 4 aliphatic rings. The van der Waals surface area contributed by atoms with Crippen molar-refractivity contribution in [2.24, 2.45) is 23.7 Å². The van der Waals surface area contributed by atoms with Crippen LogP contribution in [0.25, 0.3) is 90.5 Å². The number of carbonyl (C=O) groups is 1. The summed E-state index contributed by atoms with van der Waals surface area (Å²) in [5, 5.41) is 40.5. The lowest BCUT2D eigenvalue weighted by molar-refractivity contribution is -0.129. The number of nitrogens with two attached hydrogens (primary N) is 4. The number of nitrogen functional groups attached to an aromatic ring is 4. The van der Waals surface area contributed by atoms with Gasteiger partial charge in [-0.2, -0.15) is 35.2 Å². The Morgan fingerprint density at radius 1 is 0.412 bits per heavy atom. The molecular weight excluding hydrogens is 1660 g/mol. The van der Waals surface area contributed by atoms with Crippen LogP contribution in [0.15, 0.2) is 214 Å². The molecule has 670 valence electrons. The largest absolute Gasteiger partial charge is 0.389 e. The quantitative estimate of drug-likeness (QED) is 0.0319. The van der Waals surface area contributed by atoms with Gasteiger partial charge in [0.05, 0.1) is 105 Å². The number of aromatic nitrogens is 22. The summed E-state index contributed by atoms with van der Waals surface area (Å²) in [6, 6.07) is 39.6. The van der Waals surface area contributed by atoms with E-state index in [1.54, 1.807) is 113 Å². The molecule has 4 saturated carbocycles. The second kappa shape index (κ2) is 36.4. The molecule has 0 radical (unpaired) electrons. The maximum atomic E-state index is 12.0. The van der Waals surface area contributed by atoms with E-state index >= 15 is 0 Å². The number of pyridine rings is 2. The molecule has 1 amide bonds. The van der Waals surface area contributed by atoms with E-state index in [0.29, 0.717) is 113 Å². The molecular formula is C97H105N27O7. The van der Waals surface area contributed by atoms with Crippen molar-refractivity contribution in [1.82, 2.24) is 115 Å². The number of nitrogens with zero attached hydrogens (tertiary/aromatic N) is 23. The Kier molecular flexibility index (Phi) is 24.5. The molecule has 2 unspecified atom stereocenters. The first-order chi connectivity index (χ1) is 63.0. The van der Waals surface area contributed by atoms with Crippen LogP contribution < -0.4 is 22.9 Å². The topological polar surface area (TPSA) is 466 Å². The maximum absolute atomic E-state index is 12.0. The Hall–Kier alpha value is -14.8. The average Bonchev–Trinajstić information content (AvgIpc) is 1.62. The fourth-order valence-corrected chi connectivity index (χ4v) is 16.6. The zero-order valence-corrected chi connectivity index (χ0v) is 75.3. The van der Waals surface area contributed by atoms with E-state index < -0.39 is 5.60 Å². The number of likely N-dealkylation sites (N-methyl/N-ethyl adjacent to an activating group) is 1. The van der Waals surface area contributed by atoms with E-state index in [-0.39, 0.29) is 46.0 Å². The van der Waals surface area contributed by atoms with Crippen LogP contribution in [0.5, 0.6) is 0 Å². The van der Waals surface area contributed by atoms with Crippen molar-refractivity contribution in [3.8, 4) is 90.5 Å². The number of rotatable bonds is 27. The summed E-state index contributed by atoms with van der Waals surface area (Å²) in [5.74, 6) is 7.87. The molecule has 9 N–H and O–H groups in total. The van der Waals surface area contributed by atoms with E-state index in [9.17, 15) is 9.90 Å². The number of amides is 1. The van der Waals surface area contributed by atoms with Crippen LogP contribution >= 0.6 is 0 Å². The summed E-state index contributed by atoms with van der Waals surface area (Å²) in [6.45, 7) is 19.8. The predicted octanol–water partition coefficient (Wildman–Crippen LogP) is 15.0. The highest BCUT2D eigenvalue weighted by Gasteiger charge is 2.51. The number of carbonyl (C=O) groups excluding carboxylic acids is 1. The minimum Gasteiger partial charge on any atom is -0.389 e. The first-order valence-electron chi connectivity index (χ1n) is 43.7. The van der Waals surface area contributed by atoms with Crippen LogP contribution in [-0.2, 0) is 50.8 Å². The molecule has 34 heteroatoms. The van der Waals surface area contributed by atoms with Gasteiger partial charge in [-0.25, -0.2) is 34.9 Å². The van der Waals surface area contributed by atoms with Gasteiger partial charge in [0.2, 0.25) is 17.8 Å². The van der Waals surface area contributed by atoms with Gasteiger partial charge in [-0.15, -0.1) is 0 Å². The second-order valence-electron chi connectivity index (χ2n) is 35.8. The van der Waals surface area contributed by atoms with Crippen molar-refractivity contribution in [1.29, 1.82) is 0 Å². The van der Waals surface area contributed by atoms with Gasteiger partial charge in [-0.3, -0.25) is 23.8 Å². The highest BCUT2D eigenvalue weighted by molar-refractivity contribution is 5.75. The van der Waals surface area contributed by atoms with Crippen LogP contribution in [0.3, 0.4) is 0 Å². The molecule has 4 atom stereocenters. The molecule has 16 aromatic rings. The summed E-state index contributed by atoms with van der Waals surface area (Å²) in [6.07, 6.45) is 31.8. The van der Waals surface area contributed by atoms with Crippen LogP contribution in [-0.4, -0.2) is 159 Å². The number of benzene rings is 4. The van der Waals surface area contributed by atoms with Crippen molar-refractivity contribution in [3.05, 3.63) is 258 Å². The van der Waals surface area contributed by atoms with Gasteiger partial charge in [0.25, 0.3) is 23.6 Å². The molecule has 0 spiro atoms. The Bertz CT molecular complexity index is 6640. The van der Waals surface area contributed by atoms with Crippen LogP contribution in [0.4, 0.5) is 23.5 Å². The molecule has 0 saturated heterocycles. The Morgan fingerprint density at radius 3 is 1.14 bits per heavy atom. The number of methoxy groups -OCH3 is 1. The van der Waals surface area contributed by atoms with Crippen molar-refractivity contribution < 1.29 is 32.7 Å². The molecule has 4 aromatic carbocycles. The highest BCUT2D eigenvalue weighted by atomic mass is 16.5. The standard InChI is InChI=1S/C26H30N6O2.C25H28N8O2.C23H25N7O2.C23H22N6O/c1-16-11-18(12-28-22(16)27)17-5-7-20(8-6-17)26(4,21-9-10-21)24-30-23(34-31-24)19-13-29-32(14-19)15-25(2,3)33;1-15-22(26)27-12-20(29-15)16-5-7-18(8-6-16)25(2,19-9-10-19)24-30-23(35-31-24)17-11-28-33(13-17)14-21(34)32(3)4;1-23(19-7-8-19,18-5-3-15(4-6-18)16-11-25-22(24)26-12-16)21-28-20(32-29-21)17-13-27-30(14-17)9-10-31-2;1-14-3-4-16(11-25-14)20-28-21(29-30-20)23(2,19-9-10-19)18-7-5-15(6-8-18)17-12-26-22(24)27-13-17/h5-8,11-14,21,33H,9-10,15H2,1-4H3,(H2,27,28);5-8,11-13,19H,9-10,14H2,1-4H3,(H2,26,27);3-6,11-14,19H,7-10H2,1-2H3,(H2,24,25,26);3-8,11-13,19H,9-10H2,1-2H3,(H2,24,26,27)/t26-;25-;;/m00../s1.